The van der Waals surface area contributed by atoms with E-state index < -0.39 is 16.8 Å². The Bertz CT molecular complexity index is 586. The van der Waals surface area contributed by atoms with Crippen molar-refractivity contribution in [1.82, 2.24) is 4.98 Å². The molecule has 2 rings (SSSR count). The summed E-state index contributed by atoms with van der Waals surface area (Å²) in [5, 5.41) is 10.7. The van der Waals surface area contributed by atoms with Gasteiger partial charge in [0.25, 0.3) is 5.69 Å². The molecule has 0 aromatic carbocycles. The summed E-state index contributed by atoms with van der Waals surface area (Å²) in [5.74, 6) is -0.907. The van der Waals surface area contributed by atoms with Gasteiger partial charge in [-0.1, -0.05) is 0 Å². The van der Waals surface area contributed by atoms with Gasteiger partial charge < -0.3 is 4.74 Å². The second kappa shape index (κ2) is 5.24. The maximum Gasteiger partial charge on any atom is 0.311 e. The third-order valence-electron chi connectivity index (χ3n) is 3.18. The van der Waals surface area contributed by atoms with Crippen LogP contribution in [0.15, 0.2) is 12.1 Å². The molecule has 20 heavy (non-hydrogen) atoms. The third kappa shape index (κ3) is 2.44. The fraction of sp³-hybridized carbons (Fsp3) is 0.417. The van der Waals surface area contributed by atoms with Crippen LogP contribution in [0.1, 0.15) is 12.1 Å². The number of amides is 1. The summed E-state index contributed by atoms with van der Waals surface area (Å²) in [6, 6.07) is 2.71. The van der Waals surface area contributed by atoms with E-state index >= 15 is 0 Å². The quantitative estimate of drug-likeness (QED) is 0.461. The summed E-state index contributed by atoms with van der Waals surface area (Å²) in [6.45, 7) is 1.68. The van der Waals surface area contributed by atoms with Gasteiger partial charge in [0.15, 0.2) is 0 Å². The number of methoxy groups -OCH3 is 1. The van der Waals surface area contributed by atoms with Crippen LogP contribution in [-0.2, 0) is 14.3 Å². The number of carbonyl (C=O) groups excluding carboxylic acids is 2. The molecule has 0 bridgehead atoms. The number of nitrogens with zero attached hydrogens (tertiary/aromatic N) is 3. The van der Waals surface area contributed by atoms with E-state index in [-0.39, 0.29) is 30.3 Å². The van der Waals surface area contributed by atoms with Crippen molar-refractivity contribution in [2.45, 2.75) is 13.3 Å². The van der Waals surface area contributed by atoms with Gasteiger partial charge in [0.2, 0.25) is 5.91 Å². The average Bonchev–Trinajstić information content (AvgIpc) is 2.79. The molecule has 1 aromatic heterocycles. The summed E-state index contributed by atoms with van der Waals surface area (Å²) in [4.78, 5) is 38.9. The first-order chi connectivity index (χ1) is 9.43. The molecular formula is C12H13N3O5. The molecule has 1 fully saturated rings. The maximum atomic E-state index is 11.9. The van der Waals surface area contributed by atoms with E-state index in [9.17, 15) is 19.7 Å². The Balaban J connectivity index is 2.24. The van der Waals surface area contributed by atoms with Gasteiger partial charge >= 0.3 is 5.97 Å². The molecule has 1 aliphatic heterocycles. The predicted octanol–water partition coefficient (Wildman–Crippen LogP) is 0.824. The van der Waals surface area contributed by atoms with Crippen LogP contribution in [0.25, 0.3) is 0 Å². The summed E-state index contributed by atoms with van der Waals surface area (Å²) >= 11 is 0. The van der Waals surface area contributed by atoms with Crippen LogP contribution in [0.5, 0.6) is 0 Å². The van der Waals surface area contributed by atoms with E-state index in [1.807, 2.05) is 0 Å². The van der Waals surface area contributed by atoms with Crippen molar-refractivity contribution in [3.8, 4) is 0 Å². The first-order valence-electron chi connectivity index (χ1n) is 5.94. The minimum absolute atomic E-state index is 0.0599. The second-order valence-corrected chi connectivity index (χ2v) is 4.46. The molecule has 8 heteroatoms. The fourth-order valence-corrected chi connectivity index (χ4v) is 2.14. The van der Waals surface area contributed by atoms with Gasteiger partial charge in [0, 0.05) is 19.0 Å². The van der Waals surface area contributed by atoms with Crippen molar-refractivity contribution in [3.05, 3.63) is 27.9 Å². The van der Waals surface area contributed by atoms with Gasteiger partial charge in [0.05, 0.1) is 18.0 Å². The molecule has 1 amide bonds. The minimum atomic E-state index is -0.533. The molecule has 1 atom stereocenters. The normalized spacial score (nSPS) is 18.2. The van der Waals surface area contributed by atoms with Gasteiger partial charge in [-0.05, 0) is 13.0 Å². The summed E-state index contributed by atoms with van der Waals surface area (Å²) in [5.41, 5.74) is 0.117. The highest BCUT2D eigenvalue weighted by Gasteiger charge is 2.36. The highest BCUT2D eigenvalue weighted by Crippen LogP contribution is 2.26. The topological polar surface area (TPSA) is 103 Å². The molecule has 1 unspecified atom stereocenters. The smallest absolute Gasteiger partial charge is 0.311 e. The zero-order valence-corrected chi connectivity index (χ0v) is 11.0. The largest absolute Gasteiger partial charge is 0.469 e. The van der Waals surface area contributed by atoms with Crippen molar-refractivity contribution < 1.29 is 19.2 Å². The lowest BCUT2D eigenvalue weighted by Crippen LogP contribution is -2.27. The molecule has 0 aliphatic carbocycles. The monoisotopic (exact) mass is 279 g/mol. The Morgan fingerprint density at radius 2 is 2.25 bits per heavy atom. The van der Waals surface area contributed by atoms with Crippen LogP contribution in [-0.4, -0.2) is 35.4 Å². The lowest BCUT2D eigenvalue weighted by atomic mass is 10.1. The summed E-state index contributed by atoms with van der Waals surface area (Å²) in [6.07, 6.45) is 0.0599. The molecule has 0 saturated carbocycles. The molecule has 0 spiro atoms. The minimum Gasteiger partial charge on any atom is -0.469 e. The molecule has 0 radical (unpaired) electrons. The number of hydrogen-bond acceptors (Lipinski definition) is 6. The molecule has 1 saturated heterocycles. The van der Waals surface area contributed by atoms with Gasteiger partial charge in [-0.3, -0.25) is 24.6 Å². The van der Waals surface area contributed by atoms with Crippen LogP contribution in [0, 0.1) is 23.0 Å². The Labute approximate surface area is 114 Å². The predicted molar refractivity (Wildman–Crippen MR) is 68.1 cm³/mol. The van der Waals surface area contributed by atoms with Crippen molar-refractivity contribution in [2.24, 2.45) is 5.92 Å². The maximum absolute atomic E-state index is 11.9. The van der Waals surface area contributed by atoms with Gasteiger partial charge in [-0.2, -0.15) is 0 Å². The number of nitro groups is 1. The van der Waals surface area contributed by atoms with Crippen LogP contribution >= 0.6 is 0 Å². The number of aryl methyl sites for hydroxylation is 1. The Morgan fingerprint density at radius 1 is 1.55 bits per heavy atom. The van der Waals surface area contributed by atoms with E-state index in [0.717, 1.165) is 0 Å². The van der Waals surface area contributed by atoms with Crippen LogP contribution < -0.4 is 4.90 Å². The van der Waals surface area contributed by atoms with E-state index in [1.165, 1.54) is 31.1 Å². The first-order valence-corrected chi connectivity index (χ1v) is 5.94. The number of anilines is 1. The Kier molecular flexibility index (Phi) is 3.64. The van der Waals surface area contributed by atoms with Crippen LogP contribution in [0.3, 0.4) is 0 Å². The van der Waals surface area contributed by atoms with E-state index in [0.29, 0.717) is 5.82 Å². The molecule has 106 valence electrons. The first kappa shape index (κ1) is 13.9. The second-order valence-electron chi connectivity index (χ2n) is 4.46. The Hall–Kier alpha value is -2.51. The number of esters is 1. The average molecular weight is 279 g/mol. The van der Waals surface area contributed by atoms with Crippen molar-refractivity contribution >= 4 is 23.4 Å². The number of hydrogen-bond donors (Lipinski definition) is 0. The highest BCUT2D eigenvalue weighted by molar-refractivity contribution is 5.98. The number of carbonyl (C=O) groups is 2. The highest BCUT2D eigenvalue weighted by atomic mass is 16.6. The molecule has 0 N–H and O–H groups in total. The van der Waals surface area contributed by atoms with Crippen molar-refractivity contribution in [2.75, 3.05) is 18.6 Å². The molecule has 1 aliphatic rings. The van der Waals surface area contributed by atoms with Crippen molar-refractivity contribution in [1.29, 1.82) is 0 Å². The Morgan fingerprint density at radius 3 is 2.80 bits per heavy atom. The number of rotatable bonds is 3. The SMILES string of the molecule is COC(=O)C1CC(=O)N(c2ccc([N+](=O)[O-])c(C)n2)C1. The summed E-state index contributed by atoms with van der Waals surface area (Å²) < 4.78 is 4.61. The van der Waals surface area contributed by atoms with Gasteiger partial charge in [-0.15, -0.1) is 0 Å². The van der Waals surface area contributed by atoms with E-state index in [1.54, 1.807) is 0 Å². The summed E-state index contributed by atoms with van der Waals surface area (Å²) in [7, 11) is 1.27. The zero-order chi connectivity index (χ0) is 14.9. The van der Waals surface area contributed by atoms with Gasteiger partial charge in [-0.25, -0.2) is 4.98 Å². The number of pyridine rings is 1. The number of ether oxygens (including phenoxy) is 1. The fourth-order valence-electron chi connectivity index (χ4n) is 2.14. The molecule has 2 heterocycles. The van der Waals surface area contributed by atoms with Crippen molar-refractivity contribution in [3.63, 3.8) is 0 Å². The van der Waals surface area contributed by atoms with Crippen LogP contribution in [0.4, 0.5) is 11.5 Å². The third-order valence-corrected chi connectivity index (χ3v) is 3.18. The number of aromatic nitrogens is 1. The molecule has 8 nitrogen and oxygen atoms in total. The van der Waals surface area contributed by atoms with Gasteiger partial charge in [0.1, 0.15) is 11.5 Å². The standard InChI is InChI=1S/C12H13N3O5/c1-7-9(15(18)19)3-4-10(13-7)14-6-8(5-11(14)16)12(17)20-2/h3-4,8H,5-6H2,1-2H3. The van der Waals surface area contributed by atoms with E-state index in [2.05, 4.69) is 9.72 Å². The zero-order valence-electron chi connectivity index (χ0n) is 11.0. The van der Waals surface area contributed by atoms with E-state index in [4.69, 9.17) is 0 Å². The molecule has 1 aromatic rings. The lowest BCUT2D eigenvalue weighted by Gasteiger charge is -2.15. The van der Waals surface area contributed by atoms with Crippen LogP contribution in [0.2, 0.25) is 0 Å². The molecular weight excluding hydrogens is 266 g/mol. The lowest BCUT2D eigenvalue weighted by molar-refractivity contribution is -0.385.